The molecule has 0 fully saturated rings. The van der Waals surface area contributed by atoms with Crippen LogP contribution in [-0.2, 0) is 32.2 Å². The van der Waals surface area contributed by atoms with Crippen LogP contribution in [0.4, 0.5) is 0 Å². The standard InChI is InChI=1S/C34H30O6/c1-19-29-27(17-39-19)23(21-11-7-5-8-12-21)15-25(33(35)37-3)31(29)32-26(34(36)38-4)16-24(22-13-9-6-10-14-22)28-18-40-20(2)30(28)32/h5-16,19-20H,17-18H2,1-4H3/t19-,20-/m1/s1. The van der Waals surface area contributed by atoms with E-state index >= 15 is 0 Å². The van der Waals surface area contributed by atoms with Gasteiger partial charge in [0.1, 0.15) is 0 Å². The molecule has 0 amide bonds. The van der Waals surface area contributed by atoms with Crippen molar-refractivity contribution in [2.45, 2.75) is 39.3 Å². The molecule has 0 aliphatic carbocycles. The molecule has 40 heavy (non-hydrogen) atoms. The van der Waals surface area contributed by atoms with Crippen LogP contribution >= 0.6 is 0 Å². The molecule has 0 saturated heterocycles. The van der Waals surface area contributed by atoms with Gasteiger partial charge >= 0.3 is 11.9 Å². The second kappa shape index (κ2) is 10.4. The maximum absolute atomic E-state index is 13.5. The molecule has 6 rings (SSSR count). The van der Waals surface area contributed by atoms with Crippen LogP contribution in [0.3, 0.4) is 0 Å². The summed E-state index contributed by atoms with van der Waals surface area (Å²) in [5.41, 5.74) is 9.52. The van der Waals surface area contributed by atoms with Crippen LogP contribution in [0.1, 0.15) is 69.0 Å². The SMILES string of the molecule is COC(=O)c1cc(-c2ccccc2)c2c(c1-c1c(C(=O)OC)cc(-c3ccccc3)c3c1[C@@H](C)OC3)[C@@H](C)OC2. The minimum absolute atomic E-state index is 0.315. The second-order valence-corrected chi connectivity index (χ2v) is 10.1. The first-order valence-electron chi connectivity index (χ1n) is 13.3. The predicted molar refractivity (Wildman–Crippen MR) is 152 cm³/mol. The molecular formula is C34H30O6. The average molecular weight is 535 g/mol. The van der Waals surface area contributed by atoms with Crippen LogP contribution in [0.15, 0.2) is 72.8 Å². The Kier molecular flexibility index (Phi) is 6.74. The zero-order valence-electron chi connectivity index (χ0n) is 22.9. The van der Waals surface area contributed by atoms with Crippen LogP contribution in [-0.4, -0.2) is 26.2 Å². The van der Waals surface area contributed by atoms with Gasteiger partial charge in [0.2, 0.25) is 0 Å². The van der Waals surface area contributed by atoms with E-state index in [4.69, 9.17) is 18.9 Å². The molecule has 6 nitrogen and oxygen atoms in total. The lowest BCUT2D eigenvalue weighted by molar-refractivity contribution is 0.0589. The second-order valence-electron chi connectivity index (χ2n) is 10.1. The Bertz CT molecular complexity index is 1500. The van der Waals surface area contributed by atoms with E-state index in [0.717, 1.165) is 44.5 Å². The van der Waals surface area contributed by atoms with Gasteiger partial charge in [-0.15, -0.1) is 0 Å². The van der Waals surface area contributed by atoms with Crippen LogP contribution in [0.5, 0.6) is 0 Å². The molecule has 202 valence electrons. The van der Waals surface area contributed by atoms with Crippen molar-refractivity contribution in [1.82, 2.24) is 0 Å². The Hall–Kier alpha value is -4.26. The number of hydrogen-bond donors (Lipinski definition) is 0. The summed E-state index contributed by atoms with van der Waals surface area (Å²) in [7, 11) is 2.74. The van der Waals surface area contributed by atoms with E-state index in [1.807, 2.05) is 86.6 Å². The fourth-order valence-electron chi connectivity index (χ4n) is 6.11. The number of hydrogen-bond acceptors (Lipinski definition) is 6. The third kappa shape index (κ3) is 4.12. The summed E-state index contributed by atoms with van der Waals surface area (Å²) in [4.78, 5) is 27.0. The maximum Gasteiger partial charge on any atom is 0.338 e. The number of fused-ring (bicyclic) bond motifs is 2. The van der Waals surface area contributed by atoms with Gasteiger partial charge in [-0.05, 0) is 70.5 Å². The predicted octanol–water partition coefficient (Wildman–Crippen LogP) is 7.44. The Morgan fingerprint density at radius 2 is 1.02 bits per heavy atom. The zero-order chi connectivity index (χ0) is 28.0. The third-order valence-electron chi connectivity index (χ3n) is 7.95. The quantitative estimate of drug-likeness (QED) is 0.248. The maximum atomic E-state index is 13.5. The molecular weight excluding hydrogens is 504 g/mol. The van der Waals surface area contributed by atoms with E-state index in [9.17, 15) is 9.59 Å². The first-order chi connectivity index (χ1) is 19.4. The highest BCUT2D eigenvalue weighted by Gasteiger charge is 2.38. The lowest BCUT2D eigenvalue weighted by Crippen LogP contribution is -2.14. The molecule has 6 heteroatoms. The largest absolute Gasteiger partial charge is 0.465 e. The normalized spacial score (nSPS) is 17.3. The minimum atomic E-state index is -0.489. The number of methoxy groups -OCH3 is 2. The number of esters is 2. The van der Waals surface area contributed by atoms with Crippen molar-refractivity contribution in [2.75, 3.05) is 14.2 Å². The number of ether oxygens (including phenoxy) is 4. The first-order valence-corrected chi connectivity index (χ1v) is 13.3. The minimum Gasteiger partial charge on any atom is -0.465 e. The third-order valence-corrected chi connectivity index (χ3v) is 7.95. The van der Waals surface area contributed by atoms with Crippen LogP contribution < -0.4 is 0 Å². The average Bonchev–Trinajstić information content (AvgIpc) is 3.58. The first kappa shape index (κ1) is 26.0. The number of carbonyl (C=O) groups is 2. The highest BCUT2D eigenvalue weighted by Crippen LogP contribution is 2.51. The number of benzene rings is 4. The van der Waals surface area contributed by atoms with Gasteiger partial charge in [0.15, 0.2) is 0 Å². The number of rotatable bonds is 5. The van der Waals surface area contributed by atoms with Crippen molar-refractivity contribution in [3.63, 3.8) is 0 Å². The van der Waals surface area contributed by atoms with Crippen LogP contribution in [0.25, 0.3) is 33.4 Å². The van der Waals surface area contributed by atoms with E-state index in [0.29, 0.717) is 35.5 Å². The topological polar surface area (TPSA) is 71.1 Å². The Morgan fingerprint density at radius 3 is 1.38 bits per heavy atom. The molecule has 2 atom stereocenters. The fraction of sp³-hybridized carbons (Fsp3) is 0.235. The summed E-state index contributed by atoms with van der Waals surface area (Å²) in [6, 6.07) is 23.6. The molecule has 0 radical (unpaired) electrons. The summed E-state index contributed by atoms with van der Waals surface area (Å²) in [6.07, 6.45) is -0.630. The van der Waals surface area contributed by atoms with Gasteiger partial charge < -0.3 is 18.9 Å². The smallest absolute Gasteiger partial charge is 0.338 e. The van der Waals surface area contributed by atoms with Gasteiger partial charge in [-0.2, -0.15) is 0 Å². The summed E-state index contributed by atoms with van der Waals surface area (Å²) >= 11 is 0. The molecule has 2 aliphatic rings. The molecule has 0 unspecified atom stereocenters. The molecule has 0 saturated carbocycles. The van der Waals surface area contributed by atoms with Gasteiger partial charge in [-0.25, -0.2) is 9.59 Å². The zero-order valence-corrected chi connectivity index (χ0v) is 22.9. The Morgan fingerprint density at radius 1 is 0.650 bits per heavy atom. The highest BCUT2D eigenvalue weighted by atomic mass is 16.5. The number of carbonyl (C=O) groups excluding carboxylic acids is 2. The highest BCUT2D eigenvalue weighted by molar-refractivity contribution is 6.08. The van der Waals surface area contributed by atoms with Crippen molar-refractivity contribution in [2.24, 2.45) is 0 Å². The molecule has 2 aliphatic heterocycles. The van der Waals surface area contributed by atoms with E-state index < -0.39 is 11.9 Å². The fourth-order valence-corrected chi connectivity index (χ4v) is 6.11. The van der Waals surface area contributed by atoms with Crippen molar-refractivity contribution in [1.29, 1.82) is 0 Å². The summed E-state index contributed by atoms with van der Waals surface area (Å²) in [6.45, 7) is 4.72. The van der Waals surface area contributed by atoms with E-state index in [1.165, 1.54) is 14.2 Å². The summed E-state index contributed by atoms with van der Waals surface area (Å²) in [5.74, 6) is -0.977. The molecule has 0 aromatic heterocycles. The van der Waals surface area contributed by atoms with Crippen molar-refractivity contribution < 1.29 is 28.5 Å². The molecule has 2 heterocycles. The van der Waals surface area contributed by atoms with Gasteiger partial charge in [0.05, 0.1) is 50.8 Å². The van der Waals surface area contributed by atoms with Gasteiger partial charge in [0.25, 0.3) is 0 Å². The molecule has 4 aromatic rings. The van der Waals surface area contributed by atoms with Gasteiger partial charge in [-0.1, -0.05) is 60.7 Å². The Labute approximate surface area is 233 Å². The van der Waals surface area contributed by atoms with E-state index in [1.54, 1.807) is 0 Å². The van der Waals surface area contributed by atoms with E-state index in [2.05, 4.69) is 0 Å². The van der Waals surface area contributed by atoms with Crippen LogP contribution in [0.2, 0.25) is 0 Å². The monoisotopic (exact) mass is 534 g/mol. The lowest BCUT2D eigenvalue weighted by Gasteiger charge is -2.24. The summed E-state index contributed by atoms with van der Waals surface area (Å²) in [5, 5.41) is 0. The lowest BCUT2D eigenvalue weighted by atomic mass is 9.79. The van der Waals surface area contributed by atoms with E-state index in [-0.39, 0.29) is 12.2 Å². The molecule has 0 bridgehead atoms. The molecule has 4 aromatic carbocycles. The van der Waals surface area contributed by atoms with Crippen molar-refractivity contribution in [3.05, 3.63) is 106 Å². The molecule has 0 spiro atoms. The summed E-state index contributed by atoms with van der Waals surface area (Å²) < 4.78 is 23.0. The van der Waals surface area contributed by atoms with Crippen LogP contribution in [0, 0.1) is 0 Å². The van der Waals surface area contributed by atoms with Crippen molar-refractivity contribution >= 4 is 11.9 Å². The molecule has 0 N–H and O–H groups in total. The van der Waals surface area contributed by atoms with Gasteiger partial charge in [0, 0.05) is 11.1 Å². The Balaban J connectivity index is 1.76. The van der Waals surface area contributed by atoms with Gasteiger partial charge in [-0.3, -0.25) is 0 Å². The van der Waals surface area contributed by atoms with Crippen molar-refractivity contribution in [3.8, 4) is 33.4 Å².